The second kappa shape index (κ2) is 8.18. The minimum absolute atomic E-state index is 0.116. The maximum absolute atomic E-state index is 12.9. The predicted octanol–water partition coefficient (Wildman–Crippen LogP) is 4.07. The van der Waals surface area contributed by atoms with Crippen LogP contribution in [0.5, 0.6) is 0 Å². The van der Waals surface area contributed by atoms with Gasteiger partial charge in [0.15, 0.2) is 5.16 Å². The molecule has 2 aromatic carbocycles. The van der Waals surface area contributed by atoms with Gasteiger partial charge in [-0.2, -0.15) is 0 Å². The Balaban J connectivity index is 1.56. The quantitative estimate of drug-likeness (QED) is 0.660. The lowest BCUT2D eigenvalue weighted by Gasteiger charge is -2.08. The Labute approximate surface area is 154 Å². The van der Waals surface area contributed by atoms with Crippen molar-refractivity contribution in [1.82, 2.24) is 14.9 Å². The maximum Gasteiger partial charge on any atom is 0.230 e. The summed E-state index contributed by atoms with van der Waals surface area (Å²) in [6.07, 6.45) is 3.50. The molecule has 1 N–H and O–H groups in total. The summed E-state index contributed by atoms with van der Waals surface area (Å²) >= 11 is 7.36. The number of thioether (sulfide) groups is 1. The van der Waals surface area contributed by atoms with Crippen LogP contribution in [0.3, 0.4) is 0 Å². The fraction of sp³-hybridized carbons (Fsp3) is 0.111. The van der Waals surface area contributed by atoms with Gasteiger partial charge < -0.3 is 5.32 Å². The highest BCUT2D eigenvalue weighted by atomic mass is 35.5. The zero-order chi connectivity index (χ0) is 17.6. The molecular formula is C18H15ClFN3OS. The molecule has 0 saturated carbocycles. The number of nitrogens with zero attached hydrogens (tertiary/aromatic N) is 2. The molecule has 1 amide bonds. The van der Waals surface area contributed by atoms with E-state index >= 15 is 0 Å². The maximum atomic E-state index is 12.9. The molecule has 0 aliphatic carbocycles. The third-order valence-corrected chi connectivity index (χ3v) is 4.63. The monoisotopic (exact) mass is 375 g/mol. The molecule has 0 saturated heterocycles. The van der Waals surface area contributed by atoms with Crippen LogP contribution in [-0.2, 0) is 11.3 Å². The first-order valence-corrected chi connectivity index (χ1v) is 8.91. The minimum Gasteiger partial charge on any atom is -0.351 e. The van der Waals surface area contributed by atoms with Gasteiger partial charge in [0.25, 0.3) is 0 Å². The fourth-order valence-corrected chi connectivity index (χ4v) is 3.19. The molecule has 3 rings (SSSR count). The molecule has 25 heavy (non-hydrogen) atoms. The summed E-state index contributed by atoms with van der Waals surface area (Å²) in [6, 6.07) is 13.5. The SMILES string of the molecule is O=C(CSc1nccn1-c1cccc(Cl)c1)NCc1ccc(F)cc1. The van der Waals surface area contributed by atoms with E-state index in [1.54, 1.807) is 24.4 Å². The number of amides is 1. The van der Waals surface area contributed by atoms with E-state index in [-0.39, 0.29) is 17.5 Å². The lowest BCUT2D eigenvalue weighted by molar-refractivity contribution is -0.118. The molecular weight excluding hydrogens is 361 g/mol. The van der Waals surface area contributed by atoms with Crippen molar-refractivity contribution in [2.45, 2.75) is 11.7 Å². The average molecular weight is 376 g/mol. The number of hydrogen-bond donors (Lipinski definition) is 1. The Hall–Kier alpha value is -2.31. The van der Waals surface area contributed by atoms with Crippen LogP contribution in [0.1, 0.15) is 5.56 Å². The summed E-state index contributed by atoms with van der Waals surface area (Å²) < 4.78 is 14.7. The third kappa shape index (κ3) is 4.84. The van der Waals surface area contributed by atoms with Crippen LogP contribution in [0.15, 0.2) is 66.1 Å². The first-order chi connectivity index (χ1) is 12.1. The Morgan fingerprint density at radius 1 is 1.24 bits per heavy atom. The fourth-order valence-electron chi connectivity index (χ4n) is 2.20. The Kier molecular flexibility index (Phi) is 5.73. The van der Waals surface area contributed by atoms with Crippen LogP contribution < -0.4 is 5.32 Å². The lowest BCUT2D eigenvalue weighted by Crippen LogP contribution is -2.24. The van der Waals surface area contributed by atoms with Gasteiger partial charge in [-0.1, -0.05) is 41.6 Å². The summed E-state index contributed by atoms with van der Waals surface area (Å²) in [5.41, 5.74) is 1.74. The normalized spacial score (nSPS) is 10.6. The molecule has 0 aliphatic heterocycles. The van der Waals surface area contributed by atoms with Gasteiger partial charge in [-0.05, 0) is 35.9 Å². The number of hydrogen-bond acceptors (Lipinski definition) is 3. The van der Waals surface area contributed by atoms with Crippen LogP contribution in [-0.4, -0.2) is 21.2 Å². The van der Waals surface area contributed by atoms with Crippen molar-refractivity contribution in [3.8, 4) is 5.69 Å². The van der Waals surface area contributed by atoms with E-state index in [1.807, 2.05) is 29.0 Å². The molecule has 1 aromatic heterocycles. The number of halogens is 2. The van der Waals surface area contributed by atoms with Crippen molar-refractivity contribution in [1.29, 1.82) is 0 Å². The number of nitrogens with one attached hydrogen (secondary N) is 1. The average Bonchev–Trinajstić information content (AvgIpc) is 3.08. The highest BCUT2D eigenvalue weighted by Gasteiger charge is 2.09. The van der Waals surface area contributed by atoms with Crippen LogP contribution in [0.4, 0.5) is 4.39 Å². The molecule has 0 atom stereocenters. The topological polar surface area (TPSA) is 46.9 Å². The van der Waals surface area contributed by atoms with Gasteiger partial charge in [0.2, 0.25) is 5.91 Å². The van der Waals surface area contributed by atoms with Crippen molar-refractivity contribution in [3.63, 3.8) is 0 Å². The van der Waals surface area contributed by atoms with Crippen molar-refractivity contribution >= 4 is 29.3 Å². The highest BCUT2D eigenvalue weighted by Crippen LogP contribution is 2.22. The molecule has 7 heteroatoms. The number of benzene rings is 2. The number of aromatic nitrogens is 2. The summed E-state index contributed by atoms with van der Waals surface area (Å²) in [4.78, 5) is 16.3. The van der Waals surface area contributed by atoms with Gasteiger partial charge in [-0.15, -0.1) is 0 Å². The standard InChI is InChI=1S/C18H15ClFN3OS/c19-14-2-1-3-16(10-14)23-9-8-21-18(23)25-12-17(24)22-11-13-4-6-15(20)7-5-13/h1-10H,11-12H2,(H,22,24). The van der Waals surface area contributed by atoms with E-state index in [0.717, 1.165) is 11.3 Å². The van der Waals surface area contributed by atoms with Gasteiger partial charge in [0.05, 0.1) is 5.75 Å². The van der Waals surface area contributed by atoms with E-state index in [1.165, 1.54) is 23.9 Å². The van der Waals surface area contributed by atoms with E-state index in [0.29, 0.717) is 16.7 Å². The predicted molar refractivity (Wildman–Crippen MR) is 97.5 cm³/mol. The molecule has 1 heterocycles. The van der Waals surface area contributed by atoms with Crippen molar-refractivity contribution in [2.24, 2.45) is 0 Å². The second-order valence-electron chi connectivity index (χ2n) is 5.25. The number of imidazole rings is 1. The summed E-state index contributed by atoms with van der Waals surface area (Å²) in [6.45, 7) is 0.363. The molecule has 0 radical (unpaired) electrons. The van der Waals surface area contributed by atoms with Crippen LogP contribution >= 0.6 is 23.4 Å². The summed E-state index contributed by atoms with van der Waals surface area (Å²) in [5, 5.41) is 4.15. The minimum atomic E-state index is -0.293. The molecule has 0 unspecified atom stereocenters. The van der Waals surface area contributed by atoms with E-state index in [4.69, 9.17) is 11.6 Å². The van der Waals surface area contributed by atoms with Crippen molar-refractivity contribution in [3.05, 3.63) is 77.3 Å². The first-order valence-electron chi connectivity index (χ1n) is 7.55. The van der Waals surface area contributed by atoms with E-state index in [9.17, 15) is 9.18 Å². The smallest absolute Gasteiger partial charge is 0.230 e. The molecule has 128 valence electrons. The zero-order valence-electron chi connectivity index (χ0n) is 13.2. The van der Waals surface area contributed by atoms with Gasteiger partial charge in [0, 0.05) is 29.6 Å². The van der Waals surface area contributed by atoms with Crippen molar-refractivity contribution < 1.29 is 9.18 Å². The summed E-state index contributed by atoms with van der Waals surface area (Å²) in [5.74, 6) is -0.174. The van der Waals surface area contributed by atoms with Gasteiger partial charge in [0.1, 0.15) is 5.82 Å². The molecule has 3 aromatic rings. The lowest BCUT2D eigenvalue weighted by atomic mass is 10.2. The van der Waals surface area contributed by atoms with Crippen LogP contribution in [0.25, 0.3) is 5.69 Å². The largest absolute Gasteiger partial charge is 0.351 e. The number of rotatable bonds is 6. The van der Waals surface area contributed by atoms with Gasteiger partial charge in [-0.3, -0.25) is 9.36 Å². The third-order valence-electron chi connectivity index (χ3n) is 3.43. The Morgan fingerprint density at radius 2 is 2.04 bits per heavy atom. The van der Waals surface area contributed by atoms with Gasteiger partial charge >= 0.3 is 0 Å². The Morgan fingerprint density at radius 3 is 2.80 bits per heavy atom. The molecule has 0 aliphatic rings. The van der Waals surface area contributed by atoms with Crippen LogP contribution in [0, 0.1) is 5.82 Å². The van der Waals surface area contributed by atoms with E-state index in [2.05, 4.69) is 10.3 Å². The van der Waals surface area contributed by atoms with Gasteiger partial charge in [-0.25, -0.2) is 9.37 Å². The zero-order valence-corrected chi connectivity index (χ0v) is 14.7. The first kappa shape index (κ1) is 17.5. The Bertz CT molecular complexity index is 867. The second-order valence-corrected chi connectivity index (χ2v) is 6.63. The van der Waals surface area contributed by atoms with Crippen LogP contribution in [0.2, 0.25) is 5.02 Å². The number of carbonyl (C=O) groups is 1. The van der Waals surface area contributed by atoms with Crippen molar-refractivity contribution in [2.75, 3.05) is 5.75 Å². The molecule has 0 bridgehead atoms. The molecule has 0 fully saturated rings. The van der Waals surface area contributed by atoms with E-state index < -0.39 is 0 Å². The molecule has 0 spiro atoms. The highest BCUT2D eigenvalue weighted by molar-refractivity contribution is 7.99. The molecule has 4 nitrogen and oxygen atoms in total. The number of carbonyl (C=O) groups excluding carboxylic acids is 1. The summed E-state index contributed by atoms with van der Waals surface area (Å²) in [7, 11) is 0.